The van der Waals surface area contributed by atoms with Crippen molar-refractivity contribution >= 4 is 22.7 Å². The fourth-order valence-corrected chi connectivity index (χ4v) is 4.37. The zero-order valence-electron chi connectivity index (χ0n) is 10.9. The van der Waals surface area contributed by atoms with Crippen LogP contribution in [0.4, 0.5) is 0 Å². The third-order valence-electron chi connectivity index (χ3n) is 3.88. The molecule has 1 aliphatic heterocycles. The maximum atomic E-state index is 6.02. The Hall–Kier alpha value is -0.930. The Morgan fingerprint density at radius 2 is 2.22 bits per heavy atom. The van der Waals surface area contributed by atoms with Crippen LogP contribution in [-0.2, 0) is 0 Å². The summed E-state index contributed by atoms with van der Waals surface area (Å²) in [6.45, 7) is 2.35. The van der Waals surface area contributed by atoms with Gasteiger partial charge in [0.05, 0.1) is 6.04 Å². The average Bonchev–Trinajstić information content (AvgIpc) is 2.96. The molecule has 2 atom stereocenters. The van der Waals surface area contributed by atoms with Crippen LogP contribution in [-0.4, -0.2) is 17.5 Å². The molecule has 1 fully saturated rings. The fraction of sp³-hybridized carbons (Fsp3) is 0.467. The smallest absolute Gasteiger partial charge is 0.134 e. The number of benzene rings is 1. The zero-order chi connectivity index (χ0) is 12.6. The van der Waals surface area contributed by atoms with E-state index in [0.717, 1.165) is 11.3 Å². The lowest BCUT2D eigenvalue weighted by molar-refractivity contribution is 0.374. The zero-order valence-corrected chi connectivity index (χ0v) is 11.7. The summed E-state index contributed by atoms with van der Waals surface area (Å²) in [5.41, 5.74) is 0.986. The monoisotopic (exact) mass is 261 g/mol. The highest BCUT2D eigenvalue weighted by Crippen LogP contribution is 2.47. The van der Waals surface area contributed by atoms with Crippen LogP contribution in [0, 0.1) is 0 Å². The first-order valence-electron chi connectivity index (χ1n) is 6.53. The van der Waals surface area contributed by atoms with Crippen molar-refractivity contribution in [3.8, 4) is 0 Å². The average molecular weight is 261 g/mol. The van der Waals surface area contributed by atoms with Gasteiger partial charge in [0.1, 0.15) is 11.3 Å². The normalized spacial score (nSPS) is 25.7. The van der Waals surface area contributed by atoms with Gasteiger partial charge in [0, 0.05) is 10.1 Å². The van der Waals surface area contributed by atoms with Crippen molar-refractivity contribution in [1.82, 2.24) is 5.32 Å². The number of hydrogen-bond donors (Lipinski definition) is 1. The van der Waals surface area contributed by atoms with Crippen LogP contribution in [0.15, 0.2) is 34.7 Å². The number of fused-ring (bicyclic) bond motifs is 1. The quantitative estimate of drug-likeness (QED) is 0.904. The summed E-state index contributed by atoms with van der Waals surface area (Å²) in [5.74, 6) is 2.32. The highest BCUT2D eigenvalue weighted by atomic mass is 32.2. The second kappa shape index (κ2) is 4.63. The van der Waals surface area contributed by atoms with Crippen molar-refractivity contribution < 1.29 is 4.42 Å². The lowest BCUT2D eigenvalue weighted by Gasteiger charge is -2.31. The molecule has 0 aliphatic carbocycles. The molecule has 1 aliphatic rings. The maximum Gasteiger partial charge on any atom is 0.134 e. The molecule has 0 radical (unpaired) electrons. The second-order valence-electron chi connectivity index (χ2n) is 5.17. The van der Waals surface area contributed by atoms with Gasteiger partial charge in [-0.25, -0.2) is 0 Å². The molecule has 1 N–H and O–H groups in total. The van der Waals surface area contributed by atoms with Gasteiger partial charge in [0.2, 0.25) is 0 Å². The molecule has 2 nitrogen and oxygen atoms in total. The molecular formula is C15H19NOS. The summed E-state index contributed by atoms with van der Waals surface area (Å²) in [5, 5.41) is 4.64. The molecule has 18 heavy (non-hydrogen) atoms. The van der Waals surface area contributed by atoms with Gasteiger partial charge in [0.15, 0.2) is 0 Å². The van der Waals surface area contributed by atoms with Gasteiger partial charge in [-0.05, 0) is 44.7 Å². The molecule has 3 heteroatoms. The van der Waals surface area contributed by atoms with Crippen molar-refractivity contribution in [2.24, 2.45) is 0 Å². The molecule has 2 heterocycles. The highest BCUT2D eigenvalue weighted by Gasteiger charge is 2.39. The van der Waals surface area contributed by atoms with E-state index in [2.05, 4.69) is 42.2 Å². The summed E-state index contributed by atoms with van der Waals surface area (Å²) in [4.78, 5) is 0. The first-order valence-corrected chi connectivity index (χ1v) is 7.51. The van der Waals surface area contributed by atoms with Gasteiger partial charge in [-0.15, -0.1) is 0 Å². The number of hydrogen-bond acceptors (Lipinski definition) is 3. The summed E-state index contributed by atoms with van der Waals surface area (Å²) in [6.07, 6.45) is 2.56. The lowest BCUT2D eigenvalue weighted by atomic mass is 9.94. The van der Waals surface area contributed by atoms with Gasteiger partial charge >= 0.3 is 0 Å². The molecular weight excluding hydrogens is 242 g/mol. The Morgan fingerprint density at radius 1 is 1.39 bits per heavy atom. The number of rotatable bonds is 3. The minimum atomic E-state index is 0.253. The predicted molar refractivity (Wildman–Crippen MR) is 78.1 cm³/mol. The molecule has 0 bridgehead atoms. The Labute approximate surface area is 112 Å². The molecule has 0 spiro atoms. The van der Waals surface area contributed by atoms with Gasteiger partial charge in [-0.1, -0.05) is 18.2 Å². The van der Waals surface area contributed by atoms with Gasteiger partial charge in [0.25, 0.3) is 0 Å². The van der Waals surface area contributed by atoms with Gasteiger partial charge < -0.3 is 9.73 Å². The van der Waals surface area contributed by atoms with Crippen molar-refractivity contribution in [2.45, 2.75) is 30.6 Å². The SMILES string of the molecule is CNC(c1cc2ccccc2o1)C1(C)CCCS1. The van der Waals surface area contributed by atoms with E-state index in [1.165, 1.54) is 24.0 Å². The lowest BCUT2D eigenvalue weighted by Crippen LogP contribution is -2.35. The van der Waals surface area contributed by atoms with Crippen LogP contribution in [0.1, 0.15) is 31.6 Å². The summed E-state index contributed by atoms with van der Waals surface area (Å²) in [6, 6.07) is 10.7. The largest absolute Gasteiger partial charge is 0.459 e. The van der Waals surface area contributed by atoms with E-state index in [1.54, 1.807) is 0 Å². The van der Waals surface area contributed by atoms with Crippen molar-refractivity contribution in [3.63, 3.8) is 0 Å². The van der Waals surface area contributed by atoms with E-state index in [-0.39, 0.29) is 10.8 Å². The molecule has 0 amide bonds. The molecule has 1 aromatic heterocycles. The molecule has 2 aromatic rings. The van der Waals surface area contributed by atoms with E-state index in [0.29, 0.717) is 0 Å². The summed E-state index contributed by atoms with van der Waals surface area (Å²) in [7, 11) is 2.03. The fourth-order valence-electron chi connectivity index (χ4n) is 2.92. The van der Waals surface area contributed by atoms with Crippen LogP contribution in [0.3, 0.4) is 0 Å². The number of furan rings is 1. The molecule has 1 aromatic carbocycles. The minimum absolute atomic E-state index is 0.253. The van der Waals surface area contributed by atoms with E-state index < -0.39 is 0 Å². The number of thioether (sulfide) groups is 1. The van der Waals surface area contributed by atoms with Crippen molar-refractivity contribution in [3.05, 3.63) is 36.1 Å². The molecule has 2 unspecified atom stereocenters. The van der Waals surface area contributed by atoms with E-state index in [4.69, 9.17) is 4.42 Å². The summed E-state index contributed by atoms with van der Waals surface area (Å²) >= 11 is 2.06. The van der Waals surface area contributed by atoms with Gasteiger partial charge in [-0.2, -0.15) is 11.8 Å². The predicted octanol–water partition coefficient (Wildman–Crippen LogP) is 3.98. The van der Waals surface area contributed by atoms with Crippen LogP contribution in [0.2, 0.25) is 0 Å². The van der Waals surface area contributed by atoms with Crippen molar-refractivity contribution in [1.29, 1.82) is 0 Å². The Bertz CT molecular complexity index is 509. The third kappa shape index (κ3) is 1.95. The Kier molecular flexibility index (Phi) is 3.12. The standard InChI is InChI=1S/C15H19NOS/c1-15(8-5-9-18-15)14(16-2)13-10-11-6-3-4-7-12(11)17-13/h3-4,6-7,10,14,16H,5,8-9H2,1-2H3. The molecule has 0 saturated carbocycles. The van der Waals surface area contributed by atoms with Crippen LogP contribution in [0.5, 0.6) is 0 Å². The van der Waals surface area contributed by atoms with Crippen LogP contribution < -0.4 is 5.32 Å². The second-order valence-corrected chi connectivity index (χ2v) is 6.80. The maximum absolute atomic E-state index is 6.02. The minimum Gasteiger partial charge on any atom is -0.459 e. The first kappa shape index (κ1) is 12.1. The van der Waals surface area contributed by atoms with Crippen LogP contribution in [0.25, 0.3) is 11.0 Å². The summed E-state index contributed by atoms with van der Waals surface area (Å²) < 4.78 is 6.28. The topological polar surface area (TPSA) is 25.2 Å². The third-order valence-corrected chi connectivity index (χ3v) is 5.47. The highest BCUT2D eigenvalue weighted by molar-refractivity contribution is 8.00. The molecule has 3 rings (SSSR count). The number of para-hydroxylation sites is 1. The van der Waals surface area contributed by atoms with Crippen molar-refractivity contribution in [2.75, 3.05) is 12.8 Å². The van der Waals surface area contributed by atoms with E-state index >= 15 is 0 Å². The van der Waals surface area contributed by atoms with E-state index in [9.17, 15) is 0 Å². The molecule has 96 valence electrons. The first-order chi connectivity index (χ1) is 8.73. The molecule has 1 saturated heterocycles. The Morgan fingerprint density at radius 3 is 2.89 bits per heavy atom. The van der Waals surface area contributed by atoms with E-state index in [1.807, 2.05) is 19.2 Å². The van der Waals surface area contributed by atoms with Crippen LogP contribution >= 0.6 is 11.8 Å². The Balaban J connectivity index is 2.00. The number of nitrogens with one attached hydrogen (secondary N) is 1. The van der Waals surface area contributed by atoms with Gasteiger partial charge in [-0.3, -0.25) is 0 Å².